The van der Waals surface area contributed by atoms with Gasteiger partial charge in [0, 0.05) is 38.1 Å². The molecule has 3 heteroatoms. The standard InChI is InChI=1S/C13H23NO2/c1-3-4-12(9-16-2)14-10-5-6-11(14)8-13(15)7-10/h10-12H,3-9H2,1-2H3. The minimum absolute atomic E-state index is 0.469. The molecule has 2 aliphatic heterocycles. The predicted molar refractivity (Wildman–Crippen MR) is 63.5 cm³/mol. The number of Topliss-reactive ketones (excluding diaryl/α,β-unsaturated/α-hetero) is 1. The normalized spacial score (nSPS) is 32.0. The van der Waals surface area contributed by atoms with Gasteiger partial charge in [0.05, 0.1) is 6.61 Å². The third-order valence-corrected chi connectivity index (χ3v) is 4.01. The largest absolute Gasteiger partial charge is 0.383 e. The Bertz CT molecular complexity index is 232. The van der Waals surface area contributed by atoms with Crippen molar-refractivity contribution in [1.29, 1.82) is 0 Å². The topological polar surface area (TPSA) is 29.5 Å². The van der Waals surface area contributed by atoms with Gasteiger partial charge in [-0.3, -0.25) is 9.69 Å². The van der Waals surface area contributed by atoms with E-state index >= 15 is 0 Å². The van der Waals surface area contributed by atoms with Crippen molar-refractivity contribution in [2.45, 2.75) is 63.6 Å². The zero-order chi connectivity index (χ0) is 11.5. The highest BCUT2D eigenvalue weighted by Gasteiger charge is 2.42. The van der Waals surface area contributed by atoms with Crippen molar-refractivity contribution in [3.8, 4) is 0 Å². The summed E-state index contributed by atoms with van der Waals surface area (Å²) in [6.07, 6.45) is 6.36. The summed E-state index contributed by atoms with van der Waals surface area (Å²) >= 11 is 0. The quantitative estimate of drug-likeness (QED) is 0.716. The molecular weight excluding hydrogens is 202 g/mol. The van der Waals surface area contributed by atoms with Crippen LogP contribution < -0.4 is 0 Å². The maximum atomic E-state index is 11.5. The molecule has 2 saturated heterocycles. The van der Waals surface area contributed by atoms with E-state index in [2.05, 4.69) is 11.8 Å². The van der Waals surface area contributed by atoms with Crippen molar-refractivity contribution in [2.24, 2.45) is 0 Å². The van der Waals surface area contributed by atoms with Gasteiger partial charge in [-0.25, -0.2) is 0 Å². The van der Waals surface area contributed by atoms with E-state index in [9.17, 15) is 4.79 Å². The highest BCUT2D eigenvalue weighted by Crippen LogP contribution is 2.36. The molecule has 0 aromatic heterocycles. The van der Waals surface area contributed by atoms with Gasteiger partial charge in [-0.1, -0.05) is 13.3 Å². The molecule has 2 aliphatic rings. The van der Waals surface area contributed by atoms with E-state index in [1.54, 1.807) is 7.11 Å². The molecule has 0 aromatic carbocycles. The van der Waals surface area contributed by atoms with E-state index in [1.165, 1.54) is 25.7 Å². The van der Waals surface area contributed by atoms with Gasteiger partial charge in [-0.2, -0.15) is 0 Å². The first kappa shape index (κ1) is 12.1. The van der Waals surface area contributed by atoms with Crippen molar-refractivity contribution in [3.05, 3.63) is 0 Å². The Morgan fingerprint density at radius 2 is 2.00 bits per heavy atom. The minimum Gasteiger partial charge on any atom is -0.383 e. The van der Waals surface area contributed by atoms with Crippen molar-refractivity contribution < 1.29 is 9.53 Å². The molecular formula is C13H23NO2. The molecule has 0 radical (unpaired) electrons. The van der Waals surface area contributed by atoms with Gasteiger partial charge >= 0.3 is 0 Å². The molecule has 0 spiro atoms. The van der Waals surface area contributed by atoms with Crippen LogP contribution in [0.4, 0.5) is 0 Å². The van der Waals surface area contributed by atoms with Gasteiger partial charge in [0.25, 0.3) is 0 Å². The third-order valence-electron chi connectivity index (χ3n) is 4.01. The molecule has 0 aromatic rings. The molecule has 0 aliphatic carbocycles. The van der Waals surface area contributed by atoms with Crippen LogP contribution >= 0.6 is 0 Å². The highest BCUT2D eigenvalue weighted by molar-refractivity contribution is 5.81. The van der Waals surface area contributed by atoms with Crippen LogP contribution in [0.2, 0.25) is 0 Å². The molecule has 2 fully saturated rings. The number of ketones is 1. The summed E-state index contributed by atoms with van der Waals surface area (Å²) in [7, 11) is 1.78. The number of hydrogen-bond acceptors (Lipinski definition) is 3. The van der Waals surface area contributed by atoms with Crippen molar-refractivity contribution in [1.82, 2.24) is 4.90 Å². The number of rotatable bonds is 5. The number of piperidine rings is 1. The minimum atomic E-state index is 0.469. The zero-order valence-electron chi connectivity index (χ0n) is 10.4. The summed E-state index contributed by atoms with van der Waals surface area (Å²) in [5.74, 6) is 0.469. The number of methoxy groups -OCH3 is 1. The van der Waals surface area contributed by atoms with Crippen LogP contribution in [0.25, 0.3) is 0 Å². The predicted octanol–water partition coefficient (Wildman–Crippen LogP) is 2.00. The van der Waals surface area contributed by atoms with E-state index in [4.69, 9.17) is 4.74 Å². The van der Waals surface area contributed by atoms with Crippen LogP contribution in [-0.2, 0) is 9.53 Å². The number of fused-ring (bicyclic) bond motifs is 2. The molecule has 3 atom stereocenters. The van der Waals surface area contributed by atoms with Crippen LogP contribution in [0.3, 0.4) is 0 Å². The van der Waals surface area contributed by atoms with Gasteiger partial charge in [0.2, 0.25) is 0 Å². The molecule has 3 unspecified atom stereocenters. The van der Waals surface area contributed by atoms with E-state index in [-0.39, 0.29) is 0 Å². The Balaban J connectivity index is 2.04. The lowest BCUT2D eigenvalue weighted by molar-refractivity contribution is -0.125. The SMILES string of the molecule is CCCC(COC)N1C2CCC1CC(=O)C2. The second-order valence-electron chi connectivity index (χ2n) is 5.18. The zero-order valence-corrected chi connectivity index (χ0v) is 10.4. The fourth-order valence-electron chi connectivity index (χ4n) is 3.45. The second-order valence-corrected chi connectivity index (χ2v) is 5.18. The third kappa shape index (κ3) is 2.30. The van der Waals surface area contributed by atoms with E-state index in [0.29, 0.717) is 23.9 Å². The summed E-state index contributed by atoms with van der Waals surface area (Å²) < 4.78 is 5.33. The number of hydrogen-bond donors (Lipinski definition) is 0. The maximum Gasteiger partial charge on any atom is 0.136 e. The molecule has 2 heterocycles. The molecule has 0 N–H and O–H groups in total. The van der Waals surface area contributed by atoms with Crippen molar-refractivity contribution in [3.63, 3.8) is 0 Å². The average Bonchev–Trinajstić information content (AvgIpc) is 2.51. The lowest BCUT2D eigenvalue weighted by Gasteiger charge is -2.40. The summed E-state index contributed by atoms with van der Waals surface area (Å²) in [6, 6.07) is 1.55. The second kappa shape index (κ2) is 5.28. The summed E-state index contributed by atoms with van der Waals surface area (Å²) in [6.45, 7) is 3.04. The summed E-state index contributed by atoms with van der Waals surface area (Å²) in [5, 5.41) is 0. The number of nitrogens with zero attached hydrogens (tertiary/aromatic N) is 1. The van der Waals surface area contributed by atoms with Crippen LogP contribution in [0, 0.1) is 0 Å². The van der Waals surface area contributed by atoms with Crippen molar-refractivity contribution >= 4 is 5.78 Å². The Morgan fingerprint density at radius 1 is 1.38 bits per heavy atom. The number of ether oxygens (including phenoxy) is 1. The molecule has 2 rings (SSSR count). The Hall–Kier alpha value is -0.410. The fourth-order valence-corrected chi connectivity index (χ4v) is 3.45. The number of carbonyl (C=O) groups is 1. The summed E-state index contributed by atoms with van der Waals surface area (Å²) in [4.78, 5) is 14.1. The lowest BCUT2D eigenvalue weighted by Crippen LogP contribution is -2.50. The maximum absolute atomic E-state index is 11.5. The van der Waals surface area contributed by atoms with Crippen LogP contribution in [0.1, 0.15) is 45.4 Å². The first-order chi connectivity index (χ1) is 7.76. The highest BCUT2D eigenvalue weighted by atomic mass is 16.5. The van der Waals surface area contributed by atoms with Gasteiger partial charge in [0.1, 0.15) is 5.78 Å². The molecule has 3 nitrogen and oxygen atoms in total. The van der Waals surface area contributed by atoms with Crippen LogP contribution in [0.5, 0.6) is 0 Å². The Kier molecular flexibility index (Phi) is 3.98. The molecule has 0 saturated carbocycles. The summed E-state index contributed by atoms with van der Waals surface area (Å²) in [5.41, 5.74) is 0. The Labute approximate surface area is 98.1 Å². The van der Waals surface area contributed by atoms with Gasteiger partial charge < -0.3 is 4.74 Å². The molecule has 16 heavy (non-hydrogen) atoms. The monoisotopic (exact) mass is 225 g/mol. The average molecular weight is 225 g/mol. The smallest absolute Gasteiger partial charge is 0.136 e. The first-order valence-corrected chi connectivity index (χ1v) is 6.54. The van der Waals surface area contributed by atoms with Gasteiger partial charge in [-0.05, 0) is 19.3 Å². The van der Waals surface area contributed by atoms with Gasteiger partial charge in [-0.15, -0.1) is 0 Å². The number of carbonyl (C=O) groups excluding carboxylic acids is 1. The lowest BCUT2D eigenvalue weighted by atomic mass is 9.97. The van der Waals surface area contributed by atoms with E-state index < -0.39 is 0 Å². The van der Waals surface area contributed by atoms with Crippen LogP contribution in [-0.4, -0.2) is 42.5 Å². The van der Waals surface area contributed by atoms with Crippen molar-refractivity contribution in [2.75, 3.05) is 13.7 Å². The van der Waals surface area contributed by atoms with E-state index in [1.807, 2.05) is 0 Å². The molecule has 92 valence electrons. The Morgan fingerprint density at radius 3 is 2.50 bits per heavy atom. The van der Waals surface area contributed by atoms with Gasteiger partial charge in [0.15, 0.2) is 0 Å². The van der Waals surface area contributed by atoms with Crippen LogP contribution in [0.15, 0.2) is 0 Å². The van der Waals surface area contributed by atoms with E-state index in [0.717, 1.165) is 19.4 Å². The first-order valence-electron chi connectivity index (χ1n) is 6.54. The fraction of sp³-hybridized carbons (Fsp3) is 0.923. The molecule has 0 amide bonds. The molecule has 2 bridgehead atoms.